The molecule has 0 bridgehead atoms. The van der Waals surface area contributed by atoms with Crippen molar-refractivity contribution in [2.75, 3.05) is 31.6 Å². The Balaban J connectivity index is 2.28. The van der Waals surface area contributed by atoms with E-state index < -0.39 is 0 Å². The van der Waals surface area contributed by atoms with Crippen LogP contribution in [0.4, 0.5) is 5.82 Å². The molecule has 1 aromatic heterocycles. The summed E-state index contributed by atoms with van der Waals surface area (Å²) in [5.74, 6) is 1.48. The minimum atomic E-state index is -0.0719. The number of hydrogen-bond donors (Lipinski definition) is 1. The number of likely N-dealkylation sites (N-methyl/N-ethyl adjacent to an activating group) is 1. The molecule has 1 saturated heterocycles. The zero-order valence-electron chi connectivity index (χ0n) is 10.7. The van der Waals surface area contributed by atoms with Gasteiger partial charge in [-0.15, -0.1) is 0 Å². The molecule has 5 heteroatoms. The third-order valence-corrected chi connectivity index (χ3v) is 3.19. The highest BCUT2D eigenvalue weighted by Crippen LogP contribution is 2.16. The van der Waals surface area contributed by atoms with Gasteiger partial charge in [-0.3, -0.25) is 4.79 Å². The van der Waals surface area contributed by atoms with E-state index in [9.17, 15) is 4.79 Å². The number of nitrogens with one attached hydrogen (secondary N) is 1. The van der Waals surface area contributed by atoms with E-state index in [1.807, 2.05) is 6.92 Å². The van der Waals surface area contributed by atoms with Crippen molar-refractivity contribution in [2.45, 2.75) is 26.3 Å². The fraction of sp³-hybridized carbons (Fsp3) is 0.667. The highest BCUT2D eigenvalue weighted by Gasteiger charge is 2.21. The summed E-state index contributed by atoms with van der Waals surface area (Å²) >= 11 is 0. The molecule has 0 aromatic carbocycles. The maximum Gasteiger partial charge on any atom is 0.252 e. The number of rotatable bonds is 1. The van der Waals surface area contributed by atoms with Crippen molar-refractivity contribution in [3.63, 3.8) is 0 Å². The first-order valence-corrected chi connectivity index (χ1v) is 6.09. The average Bonchev–Trinajstić information content (AvgIpc) is 2.37. The summed E-state index contributed by atoms with van der Waals surface area (Å²) in [6.45, 7) is 7.07. The quantitative estimate of drug-likeness (QED) is 0.776. The van der Waals surface area contributed by atoms with E-state index in [1.54, 1.807) is 6.07 Å². The SMILES string of the molecule is Cc1nc(N2CCCN(C)CC2C)cc(=O)[nH]1. The molecule has 0 saturated carbocycles. The lowest BCUT2D eigenvalue weighted by molar-refractivity contribution is 0.337. The van der Waals surface area contributed by atoms with E-state index in [0.29, 0.717) is 11.9 Å². The van der Waals surface area contributed by atoms with Gasteiger partial charge in [0, 0.05) is 25.2 Å². The summed E-state index contributed by atoms with van der Waals surface area (Å²) in [4.78, 5) is 23.1. The Hall–Kier alpha value is -1.36. The van der Waals surface area contributed by atoms with Gasteiger partial charge in [0.1, 0.15) is 11.6 Å². The molecule has 1 aromatic rings. The minimum Gasteiger partial charge on any atom is -0.352 e. The fourth-order valence-corrected chi connectivity index (χ4v) is 2.42. The fourth-order valence-electron chi connectivity index (χ4n) is 2.42. The summed E-state index contributed by atoms with van der Waals surface area (Å²) in [6, 6.07) is 1.98. The summed E-state index contributed by atoms with van der Waals surface area (Å²) < 4.78 is 0. The first kappa shape index (κ1) is 12.1. The molecule has 2 heterocycles. The summed E-state index contributed by atoms with van der Waals surface area (Å²) in [5.41, 5.74) is -0.0719. The predicted molar refractivity (Wildman–Crippen MR) is 68.5 cm³/mol. The van der Waals surface area contributed by atoms with E-state index in [4.69, 9.17) is 0 Å². The van der Waals surface area contributed by atoms with Crippen LogP contribution in [0.3, 0.4) is 0 Å². The van der Waals surface area contributed by atoms with Crippen LogP contribution >= 0.6 is 0 Å². The maximum absolute atomic E-state index is 11.5. The standard InChI is InChI=1S/C12H20N4O/c1-9-8-15(3)5-4-6-16(9)11-7-12(17)14-10(2)13-11/h7,9H,4-6,8H2,1-3H3,(H,13,14,17). The zero-order chi connectivity index (χ0) is 12.4. The van der Waals surface area contributed by atoms with Gasteiger partial charge in [0.05, 0.1) is 0 Å². The molecule has 0 radical (unpaired) electrons. The molecule has 2 rings (SSSR count). The molecule has 17 heavy (non-hydrogen) atoms. The third kappa shape index (κ3) is 2.85. The van der Waals surface area contributed by atoms with Crippen molar-refractivity contribution in [3.05, 3.63) is 22.2 Å². The second-order valence-electron chi connectivity index (χ2n) is 4.85. The molecule has 1 aliphatic rings. The Bertz CT molecular complexity index is 442. The largest absolute Gasteiger partial charge is 0.352 e. The monoisotopic (exact) mass is 236 g/mol. The van der Waals surface area contributed by atoms with Crippen LogP contribution in [0.2, 0.25) is 0 Å². The maximum atomic E-state index is 11.5. The molecule has 1 N–H and O–H groups in total. The Kier molecular flexibility index (Phi) is 3.47. The molecule has 1 unspecified atom stereocenters. The summed E-state index contributed by atoms with van der Waals surface area (Å²) in [6.07, 6.45) is 1.11. The summed E-state index contributed by atoms with van der Waals surface area (Å²) in [5, 5.41) is 0. The van der Waals surface area contributed by atoms with Crippen LogP contribution in [0.5, 0.6) is 0 Å². The smallest absolute Gasteiger partial charge is 0.252 e. The molecule has 1 atom stereocenters. The Morgan fingerprint density at radius 2 is 2.24 bits per heavy atom. The molecule has 1 fully saturated rings. The normalized spacial score (nSPS) is 22.5. The lowest BCUT2D eigenvalue weighted by Gasteiger charge is -2.28. The first-order chi connectivity index (χ1) is 8.06. The number of H-pyrrole nitrogens is 1. The number of aryl methyl sites for hydroxylation is 1. The van der Waals surface area contributed by atoms with Gasteiger partial charge in [-0.1, -0.05) is 0 Å². The van der Waals surface area contributed by atoms with Gasteiger partial charge in [0.2, 0.25) is 0 Å². The lowest BCUT2D eigenvalue weighted by Crippen LogP contribution is -2.39. The molecule has 1 aliphatic heterocycles. The lowest BCUT2D eigenvalue weighted by atomic mass is 10.2. The van der Waals surface area contributed by atoms with Crippen LogP contribution < -0.4 is 10.5 Å². The highest BCUT2D eigenvalue weighted by atomic mass is 16.1. The van der Waals surface area contributed by atoms with E-state index in [2.05, 4.69) is 33.7 Å². The van der Waals surface area contributed by atoms with Crippen LogP contribution in [0, 0.1) is 6.92 Å². The molecule has 0 amide bonds. The number of aromatic amines is 1. The number of nitrogens with zero attached hydrogens (tertiary/aromatic N) is 3. The van der Waals surface area contributed by atoms with E-state index in [0.717, 1.165) is 31.9 Å². The minimum absolute atomic E-state index is 0.0719. The van der Waals surface area contributed by atoms with Crippen molar-refractivity contribution in [1.82, 2.24) is 14.9 Å². The van der Waals surface area contributed by atoms with Gasteiger partial charge in [-0.25, -0.2) is 4.98 Å². The van der Waals surface area contributed by atoms with Crippen molar-refractivity contribution in [3.8, 4) is 0 Å². The molecular weight excluding hydrogens is 216 g/mol. The van der Waals surface area contributed by atoms with Crippen molar-refractivity contribution in [1.29, 1.82) is 0 Å². The number of hydrogen-bond acceptors (Lipinski definition) is 4. The van der Waals surface area contributed by atoms with Crippen molar-refractivity contribution < 1.29 is 0 Å². The zero-order valence-corrected chi connectivity index (χ0v) is 10.7. The summed E-state index contributed by atoms with van der Waals surface area (Å²) in [7, 11) is 2.14. The van der Waals surface area contributed by atoms with E-state index in [1.165, 1.54) is 0 Å². The average molecular weight is 236 g/mol. The Morgan fingerprint density at radius 3 is 2.94 bits per heavy atom. The van der Waals surface area contributed by atoms with Gasteiger partial charge in [0.15, 0.2) is 0 Å². The number of aromatic nitrogens is 2. The van der Waals surface area contributed by atoms with Gasteiger partial charge in [0.25, 0.3) is 5.56 Å². The topological polar surface area (TPSA) is 52.2 Å². The van der Waals surface area contributed by atoms with Crippen LogP contribution in [0.15, 0.2) is 10.9 Å². The van der Waals surface area contributed by atoms with Crippen LogP contribution in [-0.4, -0.2) is 47.6 Å². The molecule has 0 aliphatic carbocycles. The van der Waals surface area contributed by atoms with Gasteiger partial charge < -0.3 is 14.8 Å². The highest BCUT2D eigenvalue weighted by molar-refractivity contribution is 5.39. The Labute approximate surface area is 101 Å². The molecule has 0 spiro atoms. The predicted octanol–water partition coefficient (Wildman–Crippen LogP) is 0.609. The van der Waals surface area contributed by atoms with Gasteiger partial charge >= 0.3 is 0 Å². The second kappa shape index (κ2) is 4.87. The number of anilines is 1. The molecule has 5 nitrogen and oxygen atoms in total. The van der Waals surface area contributed by atoms with Gasteiger partial charge in [-0.2, -0.15) is 0 Å². The van der Waals surface area contributed by atoms with Crippen LogP contribution in [0.25, 0.3) is 0 Å². The molecular formula is C12H20N4O. The first-order valence-electron chi connectivity index (χ1n) is 6.09. The van der Waals surface area contributed by atoms with E-state index in [-0.39, 0.29) is 5.56 Å². The Morgan fingerprint density at radius 1 is 1.47 bits per heavy atom. The van der Waals surface area contributed by atoms with E-state index >= 15 is 0 Å². The second-order valence-corrected chi connectivity index (χ2v) is 4.85. The third-order valence-electron chi connectivity index (χ3n) is 3.19. The van der Waals surface area contributed by atoms with Crippen LogP contribution in [0.1, 0.15) is 19.2 Å². The van der Waals surface area contributed by atoms with Gasteiger partial charge in [-0.05, 0) is 33.9 Å². The van der Waals surface area contributed by atoms with Crippen LogP contribution in [-0.2, 0) is 0 Å². The van der Waals surface area contributed by atoms with Crippen molar-refractivity contribution >= 4 is 5.82 Å². The molecule has 94 valence electrons. The van der Waals surface area contributed by atoms with Crippen molar-refractivity contribution in [2.24, 2.45) is 0 Å².